The van der Waals surface area contributed by atoms with Crippen LogP contribution in [0, 0.1) is 0 Å². The topological polar surface area (TPSA) is 72.2 Å². The van der Waals surface area contributed by atoms with Crippen LogP contribution in [0.5, 0.6) is 0 Å². The molecule has 3 aromatic rings. The van der Waals surface area contributed by atoms with E-state index in [0.717, 1.165) is 11.6 Å². The van der Waals surface area contributed by atoms with E-state index in [9.17, 15) is 21.6 Å². The lowest BCUT2D eigenvalue weighted by Crippen LogP contribution is -2.07. The molecule has 3 rings (SSSR count). The highest BCUT2D eigenvalue weighted by molar-refractivity contribution is 7.85. The maximum atomic E-state index is 13.2. The highest BCUT2D eigenvalue weighted by atomic mass is 35.5. The number of alkyl halides is 3. The normalized spacial score (nSPS) is 12.3. The average Bonchev–Trinajstić information content (AvgIpc) is 3.08. The molecule has 2 aromatic carbocycles. The lowest BCUT2D eigenvalue weighted by atomic mass is 10.1. The molecule has 1 N–H and O–H groups in total. The fourth-order valence-corrected chi connectivity index (χ4v) is 3.44. The van der Waals surface area contributed by atoms with Crippen LogP contribution in [0.2, 0.25) is 5.02 Å². The molecule has 1 aromatic heterocycles. The van der Waals surface area contributed by atoms with E-state index >= 15 is 0 Å². The van der Waals surface area contributed by atoms with Crippen LogP contribution in [0.4, 0.5) is 13.2 Å². The van der Waals surface area contributed by atoms with Gasteiger partial charge in [-0.1, -0.05) is 35.9 Å². The number of hydrogen-bond donors (Lipinski definition) is 1. The van der Waals surface area contributed by atoms with Gasteiger partial charge in [-0.25, -0.2) is 4.68 Å². The van der Waals surface area contributed by atoms with E-state index in [2.05, 4.69) is 5.10 Å². The molecule has 1 heterocycles. The molecule has 154 valence electrons. The van der Waals surface area contributed by atoms with Crippen LogP contribution in [-0.2, 0) is 22.7 Å². The van der Waals surface area contributed by atoms with Gasteiger partial charge in [0.25, 0.3) is 10.1 Å². The second-order valence-electron chi connectivity index (χ2n) is 6.39. The third kappa shape index (κ3) is 5.59. The van der Waals surface area contributed by atoms with Gasteiger partial charge in [0.1, 0.15) is 0 Å². The summed E-state index contributed by atoms with van der Waals surface area (Å²) in [6, 6.07) is 13.9. The van der Waals surface area contributed by atoms with Crippen LogP contribution in [-0.4, -0.2) is 28.5 Å². The van der Waals surface area contributed by atoms with Crippen molar-refractivity contribution in [2.24, 2.45) is 0 Å². The number of rotatable bonds is 6. The van der Waals surface area contributed by atoms with Gasteiger partial charge in [0.15, 0.2) is 5.69 Å². The molecule has 10 heteroatoms. The Balaban J connectivity index is 1.92. The van der Waals surface area contributed by atoms with Gasteiger partial charge in [-0.15, -0.1) is 0 Å². The van der Waals surface area contributed by atoms with Crippen molar-refractivity contribution in [3.05, 3.63) is 70.9 Å². The summed E-state index contributed by atoms with van der Waals surface area (Å²) in [4.78, 5) is 0. The SMILES string of the molecule is O=S(=O)(O)CCCc1ccc(-c2cc(C(F)(F)F)nn2-c2ccc(Cl)cc2)cc1. The number of aromatic nitrogens is 2. The zero-order valence-corrected chi connectivity index (χ0v) is 16.5. The molecule has 0 atom stereocenters. The standard InChI is InChI=1S/C19H16ClF3N2O3S/c20-15-7-9-16(10-8-15)25-17(12-18(24-25)19(21,22)23)14-5-3-13(4-6-14)2-1-11-29(26,27)28/h3-10,12H,1-2,11H2,(H,26,27,28). The van der Waals surface area contributed by atoms with E-state index in [1.807, 2.05) is 0 Å². The maximum absolute atomic E-state index is 13.2. The van der Waals surface area contributed by atoms with Gasteiger partial charge in [0, 0.05) is 10.6 Å². The number of nitrogens with zero attached hydrogens (tertiary/aromatic N) is 2. The number of benzene rings is 2. The average molecular weight is 445 g/mol. The fourth-order valence-electron chi connectivity index (χ4n) is 2.81. The number of aryl methyl sites for hydroxylation is 1. The smallest absolute Gasteiger partial charge is 0.286 e. The van der Waals surface area contributed by atoms with Crippen molar-refractivity contribution in [2.75, 3.05) is 5.75 Å². The van der Waals surface area contributed by atoms with Gasteiger partial charge < -0.3 is 0 Å². The molecule has 29 heavy (non-hydrogen) atoms. The lowest BCUT2D eigenvalue weighted by Gasteiger charge is -2.09. The molecule has 0 fully saturated rings. The van der Waals surface area contributed by atoms with E-state index in [4.69, 9.17) is 16.2 Å². The van der Waals surface area contributed by atoms with Gasteiger partial charge in [-0.05, 0) is 48.7 Å². The van der Waals surface area contributed by atoms with Gasteiger partial charge in [-0.3, -0.25) is 4.55 Å². The van der Waals surface area contributed by atoms with Crippen molar-refractivity contribution in [1.29, 1.82) is 0 Å². The molecule has 5 nitrogen and oxygen atoms in total. The molecular formula is C19H16ClF3N2O3S. The van der Waals surface area contributed by atoms with Crippen molar-refractivity contribution in [1.82, 2.24) is 9.78 Å². The van der Waals surface area contributed by atoms with Crippen LogP contribution in [0.3, 0.4) is 0 Å². The molecule has 0 bridgehead atoms. The van der Waals surface area contributed by atoms with Crippen LogP contribution in [0.25, 0.3) is 16.9 Å². The van der Waals surface area contributed by atoms with E-state index in [1.165, 1.54) is 4.68 Å². The zero-order chi connectivity index (χ0) is 21.2. The molecule has 0 unspecified atom stereocenters. The van der Waals surface area contributed by atoms with Crippen LogP contribution < -0.4 is 0 Å². The molecule has 0 aliphatic carbocycles. The Morgan fingerprint density at radius 2 is 1.66 bits per heavy atom. The van der Waals surface area contributed by atoms with Gasteiger partial charge in [-0.2, -0.15) is 26.7 Å². The second-order valence-corrected chi connectivity index (χ2v) is 8.40. The first-order chi connectivity index (χ1) is 13.5. The van der Waals surface area contributed by atoms with E-state index in [1.54, 1.807) is 48.5 Å². The Hall–Kier alpha value is -2.36. The Labute approximate surface area is 170 Å². The molecule has 0 amide bonds. The Morgan fingerprint density at radius 3 is 2.21 bits per heavy atom. The van der Waals surface area contributed by atoms with Crippen LogP contribution in [0.1, 0.15) is 17.7 Å². The fraction of sp³-hybridized carbons (Fsp3) is 0.211. The Bertz CT molecular complexity index is 1090. The molecular weight excluding hydrogens is 429 g/mol. The van der Waals surface area contributed by atoms with Gasteiger partial charge >= 0.3 is 6.18 Å². The summed E-state index contributed by atoms with van der Waals surface area (Å²) >= 11 is 5.86. The third-order valence-electron chi connectivity index (χ3n) is 4.19. The van der Waals surface area contributed by atoms with Crippen molar-refractivity contribution in [3.8, 4) is 16.9 Å². The largest absolute Gasteiger partial charge is 0.435 e. The summed E-state index contributed by atoms with van der Waals surface area (Å²) in [7, 11) is -4.02. The van der Waals surface area contributed by atoms with Crippen molar-refractivity contribution in [3.63, 3.8) is 0 Å². The van der Waals surface area contributed by atoms with Crippen molar-refractivity contribution < 1.29 is 26.1 Å². The molecule has 0 aliphatic heterocycles. The molecule has 0 saturated heterocycles. The minimum absolute atomic E-state index is 0.235. The summed E-state index contributed by atoms with van der Waals surface area (Å²) in [5, 5.41) is 4.16. The predicted octanol–water partition coefficient (Wildman–Crippen LogP) is 5.03. The van der Waals surface area contributed by atoms with Crippen molar-refractivity contribution in [2.45, 2.75) is 19.0 Å². The second kappa shape index (κ2) is 8.17. The minimum Gasteiger partial charge on any atom is -0.286 e. The van der Waals surface area contributed by atoms with E-state index < -0.39 is 22.0 Å². The zero-order valence-electron chi connectivity index (χ0n) is 14.9. The Morgan fingerprint density at radius 1 is 1.03 bits per heavy atom. The minimum atomic E-state index is -4.60. The Kier molecular flexibility index (Phi) is 6.02. The maximum Gasteiger partial charge on any atom is 0.435 e. The first-order valence-corrected chi connectivity index (χ1v) is 10.5. The number of halogens is 4. The van der Waals surface area contributed by atoms with E-state index in [0.29, 0.717) is 22.7 Å². The summed E-state index contributed by atoms with van der Waals surface area (Å²) in [5.74, 6) is -0.354. The highest BCUT2D eigenvalue weighted by Gasteiger charge is 2.35. The first-order valence-electron chi connectivity index (χ1n) is 8.50. The van der Waals surface area contributed by atoms with Crippen LogP contribution >= 0.6 is 11.6 Å². The quantitative estimate of drug-likeness (QED) is 0.541. The molecule has 0 saturated carbocycles. The van der Waals surface area contributed by atoms with E-state index in [-0.39, 0.29) is 17.9 Å². The monoisotopic (exact) mass is 444 g/mol. The van der Waals surface area contributed by atoms with Gasteiger partial charge in [0.05, 0.1) is 17.1 Å². The summed E-state index contributed by atoms with van der Waals surface area (Å²) in [5.41, 5.74) is 0.980. The molecule has 0 aliphatic rings. The first kappa shape index (κ1) is 21.4. The van der Waals surface area contributed by atoms with Crippen LogP contribution in [0.15, 0.2) is 54.6 Å². The number of hydrogen-bond acceptors (Lipinski definition) is 3. The van der Waals surface area contributed by atoms with Crippen molar-refractivity contribution >= 4 is 21.7 Å². The summed E-state index contributed by atoms with van der Waals surface area (Å²) < 4.78 is 71.2. The lowest BCUT2D eigenvalue weighted by molar-refractivity contribution is -0.141. The summed E-state index contributed by atoms with van der Waals surface area (Å²) in [6.45, 7) is 0. The molecule has 0 radical (unpaired) electrons. The summed E-state index contributed by atoms with van der Waals surface area (Å²) in [6.07, 6.45) is -3.95. The third-order valence-corrected chi connectivity index (χ3v) is 5.24. The predicted molar refractivity (Wildman–Crippen MR) is 104 cm³/mol. The molecule has 0 spiro atoms. The van der Waals surface area contributed by atoms with Gasteiger partial charge in [0.2, 0.25) is 0 Å². The highest BCUT2D eigenvalue weighted by Crippen LogP contribution is 2.33.